The highest BCUT2D eigenvalue weighted by Gasteiger charge is 2.06. The lowest BCUT2D eigenvalue weighted by atomic mass is 10.1. The molecule has 1 aromatic rings. The minimum Gasteiger partial charge on any atom is -0.324 e. The molecule has 0 radical (unpaired) electrons. The van der Waals surface area contributed by atoms with Crippen molar-refractivity contribution < 1.29 is 0 Å². The average Bonchev–Trinajstić information content (AvgIpc) is 2.14. The van der Waals surface area contributed by atoms with Crippen molar-refractivity contribution in [2.24, 2.45) is 12.8 Å². The maximum atomic E-state index is 5.67. The van der Waals surface area contributed by atoms with E-state index in [0.717, 1.165) is 11.3 Å². The molecule has 5 heteroatoms. The van der Waals surface area contributed by atoms with Crippen LogP contribution in [-0.2, 0) is 7.05 Å². The summed E-state index contributed by atoms with van der Waals surface area (Å²) < 4.78 is 1.83. The van der Waals surface area contributed by atoms with Crippen LogP contribution in [-0.4, -0.2) is 9.78 Å². The van der Waals surface area contributed by atoms with Gasteiger partial charge in [0.05, 0.1) is 6.20 Å². The van der Waals surface area contributed by atoms with Gasteiger partial charge in [-0.2, -0.15) is 5.10 Å². The summed E-state index contributed by atoms with van der Waals surface area (Å²) in [7, 11) is 1.92. The number of hydrogen-bond acceptors (Lipinski definition) is 2. The van der Waals surface area contributed by atoms with E-state index in [2.05, 4.69) is 5.10 Å². The maximum absolute atomic E-state index is 5.67. The zero-order chi connectivity index (χ0) is 7.72. The molecule has 0 saturated heterocycles. The van der Waals surface area contributed by atoms with Crippen molar-refractivity contribution in [3.05, 3.63) is 17.5 Å². The van der Waals surface area contributed by atoms with E-state index in [1.165, 1.54) is 0 Å². The second kappa shape index (κ2) is 5.41. The molecule has 0 aromatic carbocycles. The van der Waals surface area contributed by atoms with Crippen LogP contribution in [0.1, 0.15) is 24.2 Å². The molecule has 0 aliphatic carbocycles. The first-order chi connectivity index (χ1) is 4.63. The third kappa shape index (κ3) is 2.66. The normalized spacial score (nSPS) is 11.3. The van der Waals surface area contributed by atoms with Crippen LogP contribution in [0.3, 0.4) is 0 Å². The van der Waals surface area contributed by atoms with E-state index < -0.39 is 0 Å². The molecule has 1 atom stereocenters. The molecule has 0 aliphatic heterocycles. The van der Waals surface area contributed by atoms with E-state index in [1.54, 1.807) is 0 Å². The largest absolute Gasteiger partial charge is 0.324 e. The highest BCUT2D eigenvalue weighted by Crippen LogP contribution is 2.12. The van der Waals surface area contributed by atoms with Crippen molar-refractivity contribution in [3.8, 4) is 0 Å². The van der Waals surface area contributed by atoms with Crippen molar-refractivity contribution in [1.82, 2.24) is 9.78 Å². The average molecular weight is 212 g/mol. The zero-order valence-corrected chi connectivity index (χ0v) is 9.08. The van der Waals surface area contributed by atoms with E-state index in [-0.39, 0.29) is 30.9 Å². The fourth-order valence-electron chi connectivity index (χ4n) is 0.963. The first-order valence-corrected chi connectivity index (χ1v) is 3.37. The number of nitrogens with two attached hydrogens (primary N) is 1. The summed E-state index contributed by atoms with van der Waals surface area (Å²) in [6, 6.07) is 0.0914. The van der Waals surface area contributed by atoms with E-state index in [0.29, 0.717) is 0 Å². The van der Waals surface area contributed by atoms with Gasteiger partial charge in [0, 0.05) is 24.3 Å². The molecule has 12 heavy (non-hydrogen) atoms. The van der Waals surface area contributed by atoms with Crippen molar-refractivity contribution in [2.75, 3.05) is 0 Å². The molecule has 0 saturated carbocycles. The van der Waals surface area contributed by atoms with Crippen LogP contribution in [0.4, 0.5) is 0 Å². The van der Waals surface area contributed by atoms with Crippen LogP contribution in [0.2, 0.25) is 0 Å². The Morgan fingerprint density at radius 1 is 1.50 bits per heavy atom. The number of halogens is 2. The summed E-state index contributed by atoms with van der Waals surface area (Å²) in [5.74, 6) is 0. The Morgan fingerprint density at radius 3 is 2.17 bits per heavy atom. The van der Waals surface area contributed by atoms with Gasteiger partial charge < -0.3 is 5.73 Å². The quantitative estimate of drug-likeness (QED) is 0.768. The SMILES string of the molecule is Cc1c(C(C)N)cnn1C.Cl.Cl. The van der Waals surface area contributed by atoms with Crippen LogP contribution in [0.25, 0.3) is 0 Å². The Bertz CT molecular complexity index is 233. The van der Waals surface area contributed by atoms with E-state index in [4.69, 9.17) is 5.73 Å². The summed E-state index contributed by atoms with van der Waals surface area (Å²) in [4.78, 5) is 0. The van der Waals surface area contributed by atoms with Crippen molar-refractivity contribution in [1.29, 1.82) is 0 Å². The van der Waals surface area contributed by atoms with Gasteiger partial charge in [0.15, 0.2) is 0 Å². The molecule has 0 aliphatic rings. The number of nitrogens with zero attached hydrogens (tertiary/aromatic N) is 2. The van der Waals surface area contributed by atoms with E-state index >= 15 is 0 Å². The van der Waals surface area contributed by atoms with Gasteiger partial charge in [-0.25, -0.2) is 0 Å². The van der Waals surface area contributed by atoms with Crippen LogP contribution in [0, 0.1) is 6.92 Å². The molecule has 3 nitrogen and oxygen atoms in total. The van der Waals surface area contributed by atoms with Crippen molar-refractivity contribution >= 4 is 24.8 Å². The molecule has 0 bridgehead atoms. The zero-order valence-electron chi connectivity index (χ0n) is 7.44. The highest BCUT2D eigenvalue weighted by molar-refractivity contribution is 5.85. The molecule has 1 aromatic heterocycles. The number of aromatic nitrogens is 2. The van der Waals surface area contributed by atoms with Gasteiger partial charge in [-0.1, -0.05) is 0 Å². The van der Waals surface area contributed by atoms with Gasteiger partial charge in [-0.15, -0.1) is 24.8 Å². The Labute approximate surface area is 85.1 Å². The Morgan fingerprint density at radius 2 is 2.00 bits per heavy atom. The van der Waals surface area contributed by atoms with Gasteiger partial charge in [-0.05, 0) is 13.8 Å². The van der Waals surface area contributed by atoms with Crippen molar-refractivity contribution in [2.45, 2.75) is 19.9 Å². The fraction of sp³-hybridized carbons (Fsp3) is 0.571. The first kappa shape index (κ1) is 14.3. The van der Waals surface area contributed by atoms with Gasteiger partial charge >= 0.3 is 0 Å². The number of rotatable bonds is 1. The summed E-state index contributed by atoms with van der Waals surface area (Å²) in [6.45, 7) is 3.98. The van der Waals surface area contributed by atoms with Crippen LogP contribution in [0.5, 0.6) is 0 Å². The van der Waals surface area contributed by atoms with Crippen LogP contribution >= 0.6 is 24.8 Å². The fourth-order valence-corrected chi connectivity index (χ4v) is 0.963. The monoisotopic (exact) mass is 211 g/mol. The molecule has 0 amide bonds. The number of aryl methyl sites for hydroxylation is 1. The predicted molar refractivity (Wildman–Crippen MR) is 55.0 cm³/mol. The third-order valence-electron chi connectivity index (χ3n) is 1.76. The molecule has 72 valence electrons. The lowest BCUT2D eigenvalue weighted by Crippen LogP contribution is -2.06. The molecule has 1 heterocycles. The smallest absolute Gasteiger partial charge is 0.0540 e. The summed E-state index contributed by atoms with van der Waals surface area (Å²) >= 11 is 0. The van der Waals surface area contributed by atoms with Crippen LogP contribution in [0.15, 0.2) is 6.20 Å². The summed E-state index contributed by atoms with van der Waals surface area (Å²) in [6.07, 6.45) is 1.82. The Kier molecular flexibility index (Phi) is 6.43. The predicted octanol–water partition coefficient (Wildman–Crippen LogP) is 1.59. The summed E-state index contributed by atoms with van der Waals surface area (Å²) in [5.41, 5.74) is 7.95. The number of hydrogen-bond donors (Lipinski definition) is 1. The molecular formula is C7H15Cl2N3. The van der Waals surface area contributed by atoms with Gasteiger partial charge in [-0.3, -0.25) is 4.68 Å². The van der Waals surface area contributed by atoms with Gasteiger partial charge in [0.1, 0.15) is 0 Å². The molecule has 2 N–H and O–H groups in total. The first-order valence-electron chi connectivity index (χ1n) is 3.37. The lowest BCUT2D eigenvalue weighted by Gasteiger charge is -2.02. The lowest BCUT2D eigenvalue weighted by molar-refractivity contribution is 0.730. The van der Waals surface area contributed by atoms with Crippen LogP contribution < -0.4 is 5.73 Å². The van der Waals surface area contributed by atoms with Gasteiger partial charge in [0.2, 0.25) is 0 Å². The topological polar surface area (TPSA) is 43.8 Å². The van der Waals surface area contributed by atoms with E-state index in [1.807, 2.05) is 31.8 Å². The minimum absolute atomic E-state index is 0. The Balaban J connectivity index is 0. The molecule has 1 rings (SSSR count). The highest BCUT2D eigenvalue weighted by atomic mass is 35.5. The third-order valence-corrected chi connectivity index (χ3v) is 1.76. The second-order valence-electron chi connectivity index (χ2n) is 2.60. The van der Waals surface area contributed by atoms with E-state index in [9.17, 15) is 0 Å². The maximum Gasteiger partial charge on any atom is 0.0540 e. The van der Waals surface area contributed by atoms with Gasteiger partial charge in [0.25, 0.3) is 0 Å². The molecule has 0 spiro atoms. The molecule has 1 unspecified atom stereocenters. The van der Waals surface area contributed by atoms with Crippen molar-refractivity contribution in [3.63, 3.8) is 0 Å². The Hall–Kier alpha value is -0.250. The summed E-state index contributed by atoms with van der Waals surface area (Å²) in [5, 5.41) is 4.07. The minimum atomic E-state index is 0. The molecular weight excluding hydrogens is 197 g/mol. The standard InChI is InChI=1S/C7H13N3.2ClH/c1-5(8)7-4-9-10(3)6(7)2;;/h4-5H,8H2,1-3H3;2*1H. The molecule has 0 fully saturated rings. The second-order valence-corrected chi connectivity index (χ2v) is 2.60.